The number of nitrogens with one attached hydrogen (secondary N) is 1. The molecule has 1 amide bonds. The Bertz CT molecular complexity index is 383. The molecule has 0 saturated heterocycles. The van der Waals surface area contributed by atoms with E-state index in [0.717, 1.165) is 23.7 Å². The van der Waals surface area contributed by atoms with E-state index in [-0.39, 0.29) is 28.5 Å². The minimum Gasteiger partial charge on any atom is -0.350 e. The first-order valence-corrected chi connectivity index (χ1v) is 8.93. The predicted octanol–water partition coefficient (Wildman–Crippen LogP) is 3.50. The molecular formula is C21H25FeNO+2. The van der Waals surface area contributed by atoms with Gasteiger partial charge in [-0.3, -0.25) is 4.79 Å². The molecular weight excluding hydrogens is 338 g/mol. The number of rotatable bonds is 2. The van der Waals surface area contributed by atoms with E-state index < -0.39 is 0 Å². The predicted molar refractivity (Wildman–Crippen MR) is 91.0 cm³/mol. The van der Waals surface area contributed by atoms with Gasteiger partial charge in [0.25, 0.3) is 0 Å². The smallest absolute Gasteiger partial charge is 0.350 e. The molecule has 6 fully saturated rings. The van der Waals surface area contributed by atoms with Crippen LogP contribution in [0.3, 0.4) is 0 Å². The number of hydrogen-bond acceptors (Lipinski definition) is 1. The molecule has 0 aliphatic heterocycles. The SMILES string of the molecule is O=C(NC12CC3CC(CC(C3)C1)C2)[C]1[CH][CH][CH][CH]1.[CH]1[CH][CH][CH][CH]1.[Fe+2]. The quantitative estimate of drug-likeness (QED) is 0.748. The first-order chi connectivity index (χ1) is 11.2. The van der Waals surface area contributed by atoms with Crippen LogP contribution < -0.4 is 5.32 Å². The van der Waals surface area contributed by atoms with Gasteiger partial charge in [0.05, 0.1) is 5.92 Å². The van der Waals surface area contributed by atoms with E-state index in [2.05, 4.69) is 5.32 Å². The monoisotopic (exact) mass is 363 g/mol. The van der Waals surface area contributed by atoms with Gasteiger partial charge < -0.3 is 5.32 Å². The van der Waals surface area contributed by atoms with E-state index >= 15 is 0 Å². The zero-order valence-corrected chi connectivity index (χ0v) is 15.0. The van der Waals surface area contributed by atoms with Crippen molar-refractivity contribution < 1.29 is 21.9 Å². The summed E-state index contributed by atoms with van der Waals surface area (Å²) in [5, 5.41) is 3.39. The number of hydrogen-bond donors (Lipinski definition) is 1. The van der Waals surface area contributed by atoms with Crippen LogP contribution in [0.25, 0.3) is 0 Å². The molecule has 0 unspecified atom stereocenters. The Balaban J connectivity index is 0.000000245. The van der Waals surface area contributed by atoms with Crippen molar-refractivity contribution in [3.05, 3.63) is 63.7 Å². The maximum absolute atomic E-state index is 12.3. The molecule has 6 saturated carbocycles. The van der Waals surface area contributed by atoms with Crippen molar-refractivity contribution in [2.45, 2.75) is 44.1 Å². The minimum absolute atomic E-state index is 0. The van der Waals surface area contributed by atoms with Crippen molar-refractivity contribution in [1.82, 2.24) is 5.32 Å². The fourth-order valence-electron chi connectivity index (χ4n) is 5.42. The van der Waals surface area contributed by atoms with Crippen molar-refractivity contribution >= 4 is 5.91 Å². The Morgan fingerprint density at radius 2 is 1.21 bits per heavy atom. The van der Waals surface area contributed by atoms with Crippen LogP contribution in [0, 0.1) is 81.5 Å². The van der Waals surface area contributed by atoms with Crippen LogP contribution in [0.2, 0.25) is 0 Å². The van der Waals surface area contributed by atoms with E-state index in [9.17, 15) is 4.79 Å². The third-order valence-corrected chi connectivity index (χ3v) is 5.90. The Hall–Kier alpha value is -0.0105. The molecule has 10 radical (unpaired) electrons. The molecule has 6 aliphatic rings. The Morgan fingerprint density at radius 1 is 0.792 bits per heavy atom. The third-order valence-electron chi connectivity index (χ3n) is 5.90. The first-order valence-electron chi connectivity index (χ1n) is 8.93. The molecule has 0 aromatic carbocycles. The summed E-state index contributed by atoms with van der Waals surface area (Å²) in [7, 11) is 0. The fourth-order valence-corrected chi connectivity index (χ4v) is 5.42. The van der Waals surface area contributed by atoms with E-state index in [4.69, 9.17) is 0 Å². The van der Waals surface area contributed by atoms with Gasteiger partial charge in [0.15, 0.2) is 0 Å². The maximum atomic E-state index is 12.3. The molecule has 1 N–H and O–H groups in total. The van der Waals surface area contributed by atoms with Crippen LogP contribution in [0.5, 0.6) is 0 Å². The van der Waals surface area contributed by atoms with Gasteiger partial charge in [-0.1, -0.05) is 0 Å². The van der Waals surface area contributed by atoms with E-state index in [1.165, 1.54) is 38.5 Å². The molecule has 24 heavy (non-hydrogen) atoms. The zero-order valence-electron chi connectivity index (χ0n) is 13.9. The summed E-state index contributed by atoms with van der Waals surface area (Å²) >= 11 is 0. The fraction of sp³-hybridized carbons (Fsp3) is 0.476. The van der Waals surface area contributed by atoms with Crippen molar-refractivity contribution in [2.24, 2.45) is 17.8 Å². The normalized spacial score (nSPS) is 39.9. The summed E-state index contributed by atoms with van der Waals surface area (Å²) in [6, 6.07) is 0. The van der Waals surface area contributed by atoms with Crippen molar-refractivity contribution in [2.75, 3.05) is 0 Å². The van der Waals surface area contributed by atoms with E-state index in [1.54, 1.807) is 0 Å². The van der Waals surface area contributed by atoms with Gasteiger partial charge in [-0.15, -0.1) is 0 Å². The Labute approximate surface area is 158 Å². The van der Waals surface area contributed by atoms with Crippen molar-refractivity contribution in [1.29, 1.82) is 0 Å². The van der Waals surface area contributed by atoms with Gasteiger partial charge in [-0.2, -0.15) is 0 Å². The summed E-state index contributed by atoms with van der Waals surface area (Å²) < 4.78 is 0. The average Bonchev–Trinajstić information content (AvgIpc) is 3.22. The molecule has 0 aromatic rings. The van der Waals surface area contributed by atoms with Gasteiger partial charge >= 0.3 is 17.1 Å². The molecule has 4 bridgehead atoms. The number of carbonyl (C=O) groups excluding carboxylic acids is 1. The summed E-state index contributed by atoms with van der Waals surface area (Å²) in [6.45, 7) is 0. The van der Waals surface area contributed by atoms with Crippen LogP contribution in [-0.2, 0) is 21.9 Å². The van der Waals surface area contributed by atoms with Gasteiger partial charge in [0.2, 0.25) is 5.91 Å². The minimum atomic E-state index is 0. The van der Waals surface area contributed by atoms with E-state index in [0.29, 0.717) is 0 Å². The standard InChI is InChI=1S/C16H20NO.C5H5.Fe/c18-15(14-3-1-2-4-14)17-16-8-11-5-12(9-16)7-13(6-11)10-16;1-2-4-5-3-1;/h1-4,11-13H,5-10H2,(H,17,18);1-5H;/q;;+2. The topological polar surface area (TPSA) is 29.1 Å². The van der Waals surface area contributed by atoms with Crippen molar-refractivity contribution in [3.63, 3.8) is 0 Å². The number of amides is 1. The van der Waals surface area contributed by atoms with Crippen LogP contribution in [0.15, 0.2) is 0 Å². The summed E-state index contributed by atoms with van der Waals surface area (Å²) in [6.07, 6.45) is 25.7. The molecule has 0 aromatic heterocycles. The van der Waals surface area contributed by atoms with Crippen LogP contribution in [0.1, 0.15) is 38.5 Å². The Morgan fingerprint density at radius 3 is 1.62 bits per heavy atom. The molecule has 6 aliphatic carbocycles. The molecule has 0 heterocycles. The van der Waals surface area contributed by atoms with E-state index in [1.807, 2.05) is 57.8 Å². The molecule has 6 rings (SSSR count). The first kappa shape index (κ1) is 18.8. The zero-order chi connectivity index (χ0) is 15.7. The molecule has 0 atom stereocenters. The van der Waals surface area contributed by atoms with Gasteiger partial charge in [0.1, 0.15) is 0 Å². The third kappa shape index (κ3) is 4.21. The molecule has 3 heteroatoms. The molecule has 0 spiro atoms. The molecule has 2 nitrogen and oxygen atoms in total. The second-order valence-corrected chi connectivity index (χ2v) is 7.79. The summed E-state index contributed by atoms with van der Waals surface area (Å²) in [5.74, 6) is 3.62. The van der Waals surface area contributed by atoms with Crippen LogP contribution >= 0.6 is 0 Å². The van der Waals surface area contributed by atoms with Gasteiger partial charge in [0, 0.05) is 5.54 Å². The second-order valence-electron chi connectivity index (χ2n) is 7.79. The summed E-state index contributed by atoms with van der Waals surface area (Å²) in [5.41, 5.74) is 0.142. The van der Waals surface area contributed by atoms with Crippen molar-refractivity contribution in [3.8, 4) is 0 Å². The molecule has 126 valence electrons. The number of carbonyl (C=O) groups is 1. The second kappa shape index (κ2) is 8.12. The summed E-state index contributed by atoms with van der Waals surface area (Å²) in [4.78, 5) is 12.3. The van der Waals surface area contributed by atoms with Crippen LogP contribution in [0.4, 0.5) is 0 Å². The van der Waals surface area contributed by atoms with Gasteiger partial charge in [-0.25, -0.2) is 0 Å². The average molecular weight is 363 g/mol. The van der Waals surface area contributed by atoms with Crippen LogP contribution in [-0.4, -0.2) is 11.4 Å². The largest absolute Gasteiger partial charge is 2.00 e. The van der Waals surface area contributed by atoms with Gasteiger partial charge in [-0.05, 0) is 114 Å². The Kier molecular flexibility index (Phi) is 6.35. The maximum Gasteiger partial charge on any atom is 2.00 e.